The van der Waals surface area contributed by atoms with Crippen molar-refractivity contribution in [1.29, 1.82) is 0 Å². The lowest BCUT2D eigenvalue weighted by Gasteiger charge is -2.20. The minimum atomic E-state index is -0.972. The van der Waals surface area contributed by atoms with Crippen molar-refractivity contribution in [3.63, 3.8) is 0 Å². The van der Waals surface area contributed by atoms with Gasteiger partial charge in [0.15, 0.2) is 0 Å². The van der Waals surface area contributed by atoms with E-state index in [4.69, 9.17) is 10.8 Å². The Labute approximate surface area is 112 Å². The quantitative estimate of drug-likeness (QED) is 0.797. The summed E-state index contributed by atoms with van der Waals surface area (Å²) >= 11 is 0. The van der Waals surface area contributed by atoms with Gasteiger partial charge in [-0.05, 0) is 43.5 Å². The second kappa shape index (κ2) is 5.84. The number of carbonyl (C=O) groups excluding carboxylic acids is 1. The lowest BCUT2D eigenvalue weighted by Crippen LogP contribution is -2.37. The Morgan fingerprint density at radius 1 is 1.26 bits per heavy atom. The van der Waals surface area contributed by atoms with Crippen molar-refractivity contribution in [2.75, 3.05) is 13.1 Å². The molecule has 1 saturated carbocycles. The van der Waals surface area contributed by atoms with Crippen LogP contribution in [0.4, 0.5) is 0 Å². The van der Waals surface area contributed by atoms with E-state index in [1.54, 1.807) is 12.1 Å². The van der Waals surface area contributed by atoms with Crippen LogP contribution in [0.15, 0.2) is 24.3 Å². The van der Waals surface area contributed by atoms with Gasteiger partial charge in [0.25, 0.3) is 5.91 Å². The maximum atomic E-state index is 12.3. The molecular formula is C14H18N2O3. The monoisotopic (exact) mass is 262 g/mol. The fraction of sp³-hybridized carbons (Fsp3) is 0.429. The maximum Gasteiger partial charge on any atom is 0.323 e. The number of carbonyl (C=O) groups is 2. The highest BCUT2D eigenvalue weighted by atomic mass is 16.4. The summed E-state index contributed by atoms with van der Waals surface area (Å²) in [6.07, 6.45) is 2.56. The summed E-state index contributed by atoms with van der Waals surface area (Å²) in [5.74, 6) is -1.18. The van der Waals surface area contributed by atoms with Gasteiger partial charge in [0.2, 0.25) is 0 Å². The van der Waals surface area contributed by atoms with Crippen LogP contribution < -0.4 is 5.73 Å². The van der Waals surface area contributed by atoms with Crippen LogP contribution in [0.2, 0.25) is 0 Å². The van der Waals surface area contributed by atoms with Crippen LogP contribution in [0.1, 0.15) is 28.8 Å². The fourth-order valence-corrected chi connectivity index (χ4v) is 2.05. The first kappa shape index (κ1) is 13.5. The zero-order valence-electron chi connectivity index (χ0n) is 10.7. The van der Waals surface area contributed by atoms with E-state index >= 15 is 0 Å². The highest BCUT2D eigenvalue weighted by Gasteiger charge is 2.34. The van der Waals surface area contributed by atoms with Crippen molar-refractivity contribution in [2.24, 2.45) is 5.73 Å². The molecule has 1 amide bonds. The van der Waals surface area contributed by atoms with Crippen molar-refractivity contribution in [2.45, 2.75) is 25.3 Å². The molecule has 1 aliphatic carbocycles. The number of amides is 1. The van der Waals surface area contributed by atoms with Gasteiger partial charge in [-0.15, -0.1) is 0 Å². The summed E-state index contributed by atoms with van der Waals surface area (Å²) in [5.41, 5.74) is 7.08. The van der Waals surface area contributed by atoms with E-state index in [0.717, 1.165) is 24.8 Å². The number of hydrogen-bond donors (Lipinski definition) is 2. The van der Waals surface area contributed by atoms with E-state index in [1.807, 2.05) is 12.1 Å². The number of carboxylic acid groups (broad SMARTS) is 1. The molecule has 0 aromatic heterocycles. The Balaban J connectivity index is 2.09. The van der Waals surface area contributed by atoms with Gasteiger partial charge in [0.05, 0.1) is 0 Å². The number of rotatable bonds is 6. The largest absolute Gasteiger partial charge is 0.480 e. The molecule has 102 valence electrons. The number of carboxylic acids is 1. The molecule has 2 rings (SSSR count). The summed E-state index contributed by atoms with van der Waals surface area (Å²) in [6, 6.07) is 7.31. The molecule has 0 radical (unpaired) electrons. The maximum absolute atomic E-state index is 12.3. The molecule has 5 heteroatoms. The zero-order valence-corrected chi connectivity index (χ0v) is 10.7. The van der Waals surface area contributed by atoms with Gasteiger partial charge in [0.1, 0.15) is 6.54 Å². The first-order chi connectivity index (χ1) is 9.11. The molecule has 19 heavy (non-hydrogen) atoms. The van der Waals surface area contributed by atoms with E-state index in [2.05, 4.69) is 0 Å². The topological polar surface area (TPSA) is 83.6 Å². The Hall–Kier alpha value is -1.88. The van der Waals surface area contributed by atoms with Gasteiger partial charge in [-0.3, -0.25) is 9.59 Å². The Bertz CT molecular complexity index is 466. The highest BCUT2D eigenvalue weighted by Crippen LogP contribution is 2.28. The van der Waals surface area contributed by atoms with Crippen molar-refractivity contribution in [3.05, 3.63) is 35.4 Å². The van der Waals surface area contributed by atoms with Crippen LogP contribution in [-0.4, -0.2) is 41.0 Å². The summed E-state index contributed by atoms with van der Waals surface area (Å²) in [4.78, 5) is 24.5. The van der Waals surface area contributed by atoms with Crippen LogP contribution in [0, 0.1) is 0 Å². The third kappa shape index (κ3) is 3.54. The van der Waals surface area contributed by atoms with Crippen LogP contribution in [0.3, 0.4) is 0 Å². The molecule has 0 atom stereocenters. The molecule has 0 heterocycles. The van der Waals surface area contributed by atoms with Crippen LogP contribution in [-0.2, 0) is 11.2 Å². The fourth-order valence-electron chi connectivity index (χ4n) is 2.05. The zero-order chi connectivity index (χ0) is 13.8. The minimum Gasteiger partial charge on any atom is -0.480 e. The number of hydrogen-bond acceptors (Lipinski definition) is 3. The molecule has 0 bridgehead atoms. The van der Waals surface area contributed by atoms with Gasteiger partial charge < -0.3 is 15.7 Å². The minimum absolute atomic E-state index is 0.0901. The van der Waals surface area contributed by atoms with Crippen molar-refractivity contribution in [1.82, 2.24) is 4.90 Å². The molecule has 0 spiro atoms. The van der Waals surface area contributed by atoms with Gasteiger partial charge in [-0.2, -0.15) is 0 Å². The molecular weight excluding hydrogens is 244 g/mol. The summed E-state index contributed by atoms with van der Waals surface area (Å²) in [5, 5.41) is 8.86. The molecule has 0 unspecified atom stereocenters. The van der Waals surface area contributed by atoms with Gasteiger partial charge in [-0.25, -0.2) is 0 Å². The third-order valence-corrected chi connectivity index (χ3v) is 3.19. The van der Waals surface area contributed by atoms with E-state index in [1.165, 1.54) is 4.90 Å². The van der Waals surface area contributed by atoms with Crippen molar-refractivity contribution >= 4 is 11.9 Å². The predicted octanol–water partition coefficient (Wildman–Crippen LogP) is 0.877. The molecule has 5 nitrogen and oxygen atoms in total. The third-order valence-electron chi connectivity index (χ3n) is 3.19. The van der Waals surface area contributed by atoms with Crippen molar-refractivity contribution < 1.29 is 14.7 Å². The van der Waals surface area contributed by atoms with Crippen LogP contribution in [0.25, 0.3) is 0 Å². The van der Waals surface area contributed by atoms with Gasteiger partial charge in [0, 0.05) is 11.6 Å². The molecule has 0 aliphatic heterocycles. The average molecular weight is 262 g/mol. The lowest BCUT2D eigenvalue weighted by atomic mass is 10.1. The molecule has 1 aromatic rings. The van der Waals surface area contributed by atoms with E-state index in [9.17, 15) is 9.59 Å². The second-order valence-electron chi connectivity index (χ2n) is 4.79. The summed E-state index contributed by atoms with van der Waals surface area (Å²) in [6.45, 7) is 0.342. The van der Waals surface area contributed by atoms with Crippen LogP contribution >= 0.6 is 0 Å². The van der Waals surface area contributed by atoms with E-state index < -0.39 is 5.97 Å². The smallest absolute Gasteiger partial charge is 0.323 e. The van der Waals surface area contributed by atoms with Crippen molar-refractivity contribution in [3.8, 4) is 0 Å². The van der Waals surface area contributed by atoms with E-state index in [0.29, 0.717) is 12.1 Å². The molecule has 1 fully saturated rings. The first-order valence-electron chi connectivity index (χ1n) is 6.43. The Morgan fingerprint density at radius 3 is 2.37 bits per heavy atom. The Kier molecular flexibility index (Phi) is 4.16. The van der Waals surface area contributed by atoms with Gasteiger partial charge in [-0.1, -0.05) is 12.1 Å². The predicted molar refractivity (Wildman–Crippen MR) is 70.9 cm³/mol. The number of aliphatic carboxylic acids is 1. The standard InChI is InChI=1S/C14H18N2O3/c15-8-7-10-1-3-11(4-2-10)14(19)16(9-13(17)18)12-5-6-12/h1-4,12H,5-9,15H2,(H,17,18). The van der Waals surface area contributed by atoms with E-state index in [-0.39, 0.29) is 18.5 Å². The molecule has 3 N–H and O–H groups in total. The number of nitrogens with zero attached hydrogens (tertiary/aromatic N) is 1. The van der Waals surface area contributed by atoms with Crippen LogP contribution in [0.5, 0.6) is 0 Å². The lowest BCUT2D eigenvalue weighted by molar-refractivity contribution is -0.137. The normalized spacial score (nSPS) is 14.2. The average Bonchev–Trinajstić information content (AvgIpc) is 3.20. The summed E-state index contributed by atoms with van der Waals surface area (Å²) < 4.78 is 0. The number of nitrogens with two attached hydrogens (primary N) is 1. The highest BCUT2D eigenvalue weighted by molar-refractivity contribution is 5.96. The Morgan fingerprint density at radius 2 is 1.89 bits per heavy atom. The second-order valence-corrected chi connectivity index (χ2v) is 4.79. The number of benzene rings is 1. The molecule has 1 aromatic carbocycles. The first-order valence-corrected chi connectivity index (χ1v) is 6.43. The molecule has 0 saturated heterocycles. The van der Waals surface area contributed by atoms with Gasteiger partial charge >= 0.3 is 5.97 Å². The molecule has 1 aliphatic rings. The summed E-state index contributed by atoms with van der Waals surface area (Å²) in [7, 11) is 0. The SMILES string of the molecule is NCCc1ccc(C(=O)N(CC(=O)O)C2CC2)cc1.